The van der Waals surface area contributed by atoms with Gasteiger partial charge < -0.3 is 9.64 Å². The number of methoxy groups -OCH3 is 1. The highest BCUT2D eigenvalue weighted by Crippen LogP contribution is 2.16. The zero-order chi connectivity index (χ0) is 15.0. The molecule has 4 nitrogen and oxygen atoms in total. The number of thioether (sulfide) groups is 1. The van der Waals surface area contributed by atoms with Crippen molar-refractivity contribution in [1.29, 1.82) is 0 Å². The van der Waals surface area contributed by atoms with Crippen LogP contribution in [-0.2, 0) is 14.3 Å². The number of hydrogen-bond donors (Lipinski definition) is 0. The quantitative estimate of drug-likeness (QED) is 0.725. The lowest BCUT2D eigenvalue weighted by Gasteiger charge is -2.21. The molecule has 0 aliphatic carbocycles. The van der Waals surface area contributed by atoms with Crippen LogP contribution in [0.1, 0.15) is 13.8 Å². The maximum atomic E-state index is 12.2. The molecule has 0 fully saturated rings. The SMILES string of the molecule is CCN(C(=O)CSCC(C)C(=O)OC)c1ccccc1. The summed E-state index contributed by atoms with van der Waals surface area (Å²) in [6.45, 7) is 4.39. The number of para-hydroxylation sites is 1. The number of anilines is 1. The van der Waals surface area contributed by atoms with Crippen molar-refractivity contribution in [3.63, 3.8) is 0 Å². The lowest BCUT2D eigenvalue weighted by molar-refractivity contribution is -0.144. The van der Waals surface area contributed by atoms with Crippen LogP contribution in [0.5, 0.6) is 0 Å². The minimum absolute atomic E-state index is 0.0563. The van der Waals surface area contributed by atoms with Gasteiger partial charge in [0.15, 0.2) is 0 Å². The molecule has 0 spiro atoms. The Hall–Kier alpha value is -1.49. The second-order valence-electron chi connectivity index (χ2n) is 4.41. The Labute approximate surface area is 124 Å². The van der Waals surface area contributed by atoms with Gasteiger partial charge >= 0.3 is 5.97 Å². The third kappa shape index (κ3) is 4.89. The van der Waals surface area contributed by atoms with Gasteiger partial charge in [0, 0.05) is 18.0 Å². The molecule has 0 radical (unpaired) electrons. The van der Waals surface area contributed by atoms with Crippen molar-refractivity contribution < 1.29 is 14.3 Å². The topological polar surface area (TPSA) is 46.6 Å². The van der Waals surface area contributed by atoms with E-state index in [0.29, 0.717) is 18.1 Å². The third-order valence-corrected chi connectivity index (χ3v) is 4.07. The molecule has 0 aliphatic rings. The molecule has 1 aromatic carbocycles. The fourth-order valence-electron chi connectivity index (χ4n) is 1.78. The van der Waals surface area contributed by atoms with Crippen molar-refractivity contribution in [2.24, 2.45) is 5.92 Å². The zero-order valence-corrected chi connectivity index (χ0v) is 13.0. The fraction of sp³-hybridized carbons (Fsp3) is 0.467. The van der Waals surface area contributed by atoms with Crippen molar-refractivity contribution in [2.75, 3.05) is 30.1 Å². The van der Waals surface area contributed by atoms with Gasteiger partial charge in [-0.2, -0.15) is 11.8 Å². The number of carbonyl (C=O) groups excluding carboxylic acids is 2. The standard InChI is InChI=1S/C15H21NO3S/c1-4-16(13-8-6-5-7-9-13)14(17)11-20-10-12(2)15(18)19-3/h5-9,12H,4,10-11H2,1-3H3. The summed E-state index contributed by atoms with van der Waals surface area (Å²) >= 11 is 1.46. The number of amides is 1. The van der Waals surface area contributed by atoms with Gasteiger partial charge in [-0.15, -0.1) is 0 Å². The zero-order valence-electron chi connectivity index (χ0n) is 12.2. The maximum absolute atomic E-state index is 12.2. The summed E-state index contributed by atoms with van der Waals surface area (Å²) in [5.41, 5.74) is 0.904. The van der Waals surface area contributed by atoms with Crippen molar-refractivity contribution in [3.8, 4) is 0 Å². The predicted octanol–water partition coefficient (Wildman–Crippen LogP) is 2.58. The van der Waals surface area contributed by atoms with E-state index in [1.807, 2.05) is 37.3 Å². The Kier molecular flexibility index (Phi) is 7.15. The summed E-state index contributed by atoms with van der Waals surface area (Å²) in [6, 6.07) is 9.59. The molecule has 1 rings (SSSR count). The van der Waals surface area contributed by atoms with Crippen LogP contribution in [0.2, 0.25) is 0 Å². The molecule has 110 valence electrons. The van der Waals surface area contributed by atoms with Crippen molar-refractivity contribution in [2.45, 2.75) is 13.8 Å². The highest BCUT2D eigenvalue weighted by Gasteiger charge is 2.16. The van der Waals surface area contributed by atoms with E-state index in [9.17, 15) is 9.59 Å². The Morgan fingerprint density at radius 2 is 1.95 bits per heavy atom. The Morgan fingerprint density at radius 3 is 2.50 bits per heavy atom. The summed E-state index contributed by atoms with van der Waals surface area (Å²) < 4.78 is 4.66. The number of hydrogen-bond acceptors (Lipinski definition) is 4. The van der Waals surface area contributed by atoms with Gasteiger partial charge in [0.25, 0.3) is 0 Å². The van der Waals surface area contributed by atoms with Crippen LogP contribution in [0, 0.1) is 5.92 Å². The van der Waals surface area contributed by atoms with E-state index >= 15 is 0 Å². The Bertz CT molecular complexity index is 436. The average Bonchev–Trinajstić information content (AvgIpc) is 2.48. The average molecular weight is 295 g/mol. The van der Waals surface area contributed by atoms with Crippen molar-refractivity contribution in [1.82, 2.24) is 0 Å². The van der Waals surface area contributed by atoms with Gasteiger partial charge in [0.2, 0.25) is 5.91 Å². The Balaban J connectivity index is 2.47. The minimum Gasteiger partial charge on any atom is -0.469 e. The van der Waals surface area contributed by atoms with Gasteiger partial charge in [0.05, 0.1) is 18.8 Å². The van der Waals surface area contributed by atoms with Gasteiger partial charge in [0.1, 0.15) is 0 Å². The smallest absolute Gasteiger partial charge is 0.309 e. The fourth-order valence-corrected chi connectivity index (χ4v) is 2.72. The number of esters is 1. The van der Waals surface area contributed by atoms with Crippen LogP contribution in [-0.4, -0.2) is 37.0 Å². The van der Waals surface area contributed by atoms with Gasteiger partial charge in [-0.1, -0.05) is 25.1 Å². The maximum Gasteiger partial charge on any atom is 0.309 e. The minimum atomic E-state index is -0.236. The number of rotatable bonds is 7. The molecule has 0 heterocycles. The normalized spacial score (nSPS) is 11.8. The number of carbonyl (C=O) groups is 2. The first-order valence-electron chi connectivity index (χ1n) is 6.61. The van der Waals surface area contributed by atoms with Gasteiger partial charge in [-0.25, -0.2) is 0 Å². The van der Waals surface area contributed by atoms with Crippen LogP contribution in [0.3, 0.4) is 0 Å². The molecule has 1 amide bonds. The molecule has 0 saturated carbocycles. The van der Waals surface area contributed by atoms with E-state index in [4.69, 9.17) is 0 Å². The summed E-state index contributed by atoms with van der Waals surface area (Å²) in [6.07, 6.45) is 0. The first kappa shape index (κ1) is 16.6. The van der Waals surface area contributed by atoms with E-state index in [1.165, 1.54) is 18.9 Å². The number of benzene rings is 1. The summed E-state index contributed by atoms with van der Waals surface area (Å²) in [4.78, 5) is 25.2. The molecule has 1 unspecified atom stereocenters. The molecule has 1 aromatic rings. The summed E-state index contributed by atoms with van der Waals surface area (Å²) in [5.74, 6) is 0.583. The molecule has 0 saturated heterocycles. The summed E-state index contributed by atoms with van der Waals surface area (Å²) in [5, 5.41) is 0. The second-order valence-corrected chi connectivity index (χ2v) is 5.44. The molecular weight excluding hydrogens is 274 g/mol. The molecular formula is C15H21NO3S. The predicted molar refractivity (Wildman–Crippen MR) is 83.0 cm³/mol. The highest BCUT2D eigenvalue weighted by molar-refractivity contribution is 8.00. The van der Waals surface area contributed by atoms with Crippen LogP contribution in [0.25, 0.3) is 0 Å². The molecule has 0 aliphatic heterocycles. The summed E-state index contributed by atoms with van der Waals surface area (Å²) in [7, 11) is 1.38. The Morgan fingerprint density at radius 1 is 1.30 bits per heavy atom. The van der Waals surface area contributed by atoms with Crippen molar-refractivity contribution in [3.05, 3.63) is 30.3 Å². The van der Waals surface area contributed by atoms with Crippen LogP contribution in [0.15, 0.2) is 30.3 Å². The number of nitrogens with zero attached hydrogens (tertiary/aromatic N) is 1. The molecule has 0 N–H and O–H groups in total. The molecule has 1 atom stereocenters. The first-order chi connectivity index (χ1) is 9.60. The van der Waals surface area contributed by atoms with Gasteiger partial charge in [-0.05, 0) is 19.1 Å². The van der Waals surface area contributed by atoms with Crippen LogP contribution in [0.4, 0.5) is 5.69 Å². The second kappa shape index (κ2) is 8.64. The molecule has 0 bridgehead atoms. The lowest BCUT2D eigenvalue weighted by Crippen LogP contribution is -2.32. The van der Waals surface area contributed by atoms with Crippen molar-refractivity contribution >= 4 is 29.3 Å². The third-order valence-electron chi connectivity index (χ3n) is 2.88. The van der Waals surface area contributed by atoms with E-state index in [-0.39, 0.29) is 17.8 Å². The van der Waals surface area contributed by atoms with E-state index in [1.54, 1.807) is 11.8 Å². The van der Waals surface area contributed by atoms with Gasteiger partial charge in [-0.3, -0.25) is 9.59 Å². The number of ether oxygens (including phenoxy) is 1. The lowest BCUT2D eigenvalue weighted by atomic mass is 10.2. The van der Waals surface area contributed by atoms with E-state index in [0.717, 1.165) is 5.69 Å². The van der Waals surface area contributed by atoms with E-state index in [2.05, 4.69) is 4.74 Å². The molecule has 0 aromatic heterocycles. The first-order valence-corrected chi connectivity index (χ1v) is 7.76. The van der Waals surface area contributed by atoms with E-state index < -0.39 is 0 Å². The van der Waals surface area contributed by atoms with Crippen LogP contribution >= 0.6 is 11.8 Å². The van der Waals surface area contributed by atoms with Crippen LogP contribution < -0.4 is 4.90 Å². The largest absolute Gasteiger partial charge is 0.469 e. The monoisotopic (exact) mass is 295 g/mol. The highest BCUT2D eigenvalue weighted by atomic mass is 32.2. The molecule has 20 heavy (non-hydrogen) atoms. The molecule has 5 heteroatoms.